The van der Waals surface area contributed by atoms with Gasteiger partial charge in [0.25, 0.3) is 0 Å². The van der Waals surface area contributed by atoms with Gasteiger partial charge in [-0.3, -0.25) is 0 Å². The largest absolute Gasteiger partial charge is 0.309 e. The van der Waals surface area contributed by atoms with Gasteiger partial charge in [0.2, 0.25) is 0 Å². The smallest absolute Gasteiger partial charge is 0.0251 e. The Bertz CT molecular complexity index is 324. The lowest BCUT2D eigenvalue weighted by atomic mass is 10.2. The minimum absolute atomic E-state index is 0.578. The van der Waals surface area contributed by atoms with E-state index >= 15 is 0 Å². The lowest BCUT2D eigenvalue weighted by Gasteiger charge is -2.31. The van der Waals surface area contributed by atoms with Crippen LogP contribution < -0.4 is 5.32 Å². The van der Waals surface area contributed by atoms with Crippen molar-refractivity contribution in [3.8, 4) is 0 Å². The zero-order chi connectivity index (χ0) is 12.1. The summed E-state index contributed by atoms with van der Waals surface area (Å²) in [7, 11) is 2.20. The number of nitrogens with zero attached hydrogens (tertiary/aromatic N) is 1. The molecule has 1 unspecified atom stereocenters. The van der Waals surface area contributed by atoms with Gasteiger partial charge in [-0.15, -0.1) is 0 Å². The van der Waals surface area contributed by atoms with E-state index in [1.807, 2.05) is 11.8 Å². The summed E-state index contributed by atoms with van der Waals surface area (Å²) >= 11 is 2.03. The van der Waals surface area contributed by atoms with Crippen LogP contribution in [0.2, 0.25) is 0 Å². The molecule has 1 heterocycles. The lowest BCUT2D eigenvalue weighted by Crippen LogP contribution is -2.48. The number of nitrogens with one attached hydrogen (secondary N) is 1. The highest BCUT2D eigenvalue weighted by Crippen LogP contribution is 2.17. The van der Waals surface area contributed by atoms with Crippen molar-refractivity contribution in [2.24, 2.45) is 0 Å². The fraction of sp³-hybridized carbons (Fsp3) is 0.571. The first kappa shape index (κ1) is 12.9. The molecule has 1 atom stereocenters. The van der Waals surface area contributed by atoms with Gasteiger partial charge in [-0.05, 0) is 19.5 Å². The standard InChI is InChI=1S/C14H22N2S/c1-12(15-14-10-17-11-14)8-16(2)9-13-6-4-3-5-7-13/h3-7,12,14-15H,8-11H2,1-2H3. The molecular weight excluding hydrogens is 228 g/mol. The Balaban J connectivity index is 1.70. The Hall–Kier alpha value is -0.510. The molecule has 3 heteroatoms. The highest BCUT2D eigenvalue weighted by atomic mass is 32.2. The number of hydrogen-bond acceptors (Lipinski definition) is 3. The summed E-state index contributed by atoms with van der Waals surface area (Å²) in [5.74, 6) is 2.57. The second-order valence-electron chi connectivity index (χ2n) is 4.98. The van der Waals surface area contributed by atoms with E-state index in [4.69, 9.17) is 0 Å². The quantitative estimate of drug-likeness (QED) is 0.833. The van der Waals surface area contributed by atoms with Crippen LogP contribution in [-0.4, -0.2) is 42.1 Å². The van der Waals surface area contributed by atoms with Crippen LogP contribution >= 0.6 is 11.8 Å². The minimum atomic E-state index is 0.578. The van der Waals surface area contributed by atoms with Crippen molar-refractivity contribution in [1.82, 2.24) is 10.2 Å². The normalized spacial score (nSPS) is 18.1. The van der Waals surface area contributed by atoms with Crippen LogP contribution in [0, 0.1) is 0 Å². The summed E-state index contributed by atoms with van der Waals surface area (Å²) in [5, 5.41) is 3.67. The van der Waals surface area contributed by atoms with Crippen molar-refractivity contribution >= 4 is 11.8 Å². The van der Waals surface area contributed by atoms with Crippen molar-refractivity contribution < 1.29 is 0 Å². The van der Waals surface area contributed by atoms with Gasteiger partial charge in [0.05, 0.1) is 0 Å². The number of rotatable bonds is 6. The first-order valence-electron chi connectivity index (χ1n) is 6.30. The third-order valence-corrected chi connectivity index (χ3v) is 4.32. The summed E-state index contributed by atoms with van der Waals surface area (Å²) in [4.78, 5) is 2.39. The summed E-state index contributed by atoms with van der Waals surface area (Å²) in [6.07, 6.45) is 0. The fourth-order valence-corrected chi connectivity index (χ4v) is 2.88. The van der Waals surface area contributed by atoms with Gasteiger partial charge in [-0.2, -0.15) is 11.8 Å². The van der Waals surface area contributed by atoms with Gasteiger partial charge in [0.1, 0.15) is 0 Å². The Morgan fingerprint density at radius 2 is 2.06 bits per heavy atom. The SMILES string of the molecule is CC(CN(C)Cc1ccccc1)NC1CSC1. The predicted molar refractivity (Wildman–Crippen MR) is 76.5 cm³/mol. The van der Waals surface area contributed by atoms with Crippen LogP contribution in [0.25, 0.3) is 0 Å². The maximum Gasteiger partial charge on any atom is 0.0251 e. The molecule has 0 amide bonds. The second-order valence-corrected chi connectivity index (χ2v) is 6.06. The van der Waals surface area contributed by atoms with Crippen LogP contribution in [0.15, 0.2) is 30.3 Å². The van der Waals surface area contributed by atoms with E-state index in [1.165, 1.54) is 17.1 Å². The van der Waals surface area contributed by atoms with Gasteiger partial charge in [-0.1, -0.05) is 30.3 Å². The molecule has 17 heavy (non-hydrogen) atoms. The van der Waals surface area contributed by atoms with E-state index < -0.39 is 0 Å². The molecular formula is C14H22N2S. The highest BCUT2D eigenvalue weighted by Gasteiger charge is 2.20. The molecule has 1 aliphatic heterocycles. The first-order chi connectivity index (χ1) is 8.24. The van der Waals surface area contributed by atoms with Crippen molar-refractivity contribution in [2.45, 2.75) is 25.6 Å². The Labute approximate surface area is 109 Å². The molecule has 1 aromatic carbocycles. The molecule has 2 rings (SSSR count). The molecule has 1 N–H and O–H groups in total. The molecule has 94 valence electrons. The van der Waals surface area contributed by atoms with Gasteiger partial charge in [-0.25, -0.2) is 0 Å². The van der Waals surface area contributed by atoms with Gasteiger partial charge in [0.15, 0.2) is 0 Å². The maximum atomic E-state index is 3.67. The average molecular weight is 250 g/mol. The van der Waals surface area contributed by atoms with E-state index in [9.17, 15) is 0 Å². The van der Waals surface area contributed by atoms with E-state index in [2.05, 4.69) is 54.5 Å². The molecule has 1 aliphatic rings. The van der Waals surface area contributed by atoms with Gasteiger partial charge < -0.3 is 10.2 Å². The van der Waals surface area contributed by atoms with Crippen molar-refractivity contribution in [1.29, 1.82) is 0 Å². The minimum Gasteiger partial charge on any atom is -0.309 e. The monoisotopic (exact) mass is 250 g/mol. The van der Waals surface area contributed by atoms with E-state index in [0.29, 0.717) is 6.04 Å². The van der Waals surface area contributed by atoms with Gasteiger partial charge in [0, 0.05) is 36.7 Å². The molecule has 0 bridgehead atoms. The third kappa shape index (κ3) is 4.34. The van der Waals surface area contributed by atoms with Crippen LogP contribution in [-0.2, 0) is 6.54 Å². The molecule has 1 aromatic rings. The molecule has 0 spiro atoms. The fourth-order valence-electron chi connectivity index (χ4n) is 2.21. The predicted octanol–water partition coefficient (Wildman–Crippen LogP) is 2.21. The topological polar surface area (TPSA) is 15.3 Å². The molecule has 1 saturated heterocycles. The van der Waals surface area contributed by atoms with Crippen molar-refractivity contribution in [2.75, 3.05) is 25.1 Å². The van der Waals surface area contributed by atoms with E-state index in [1.54, 1.807) is 0 Å². The Kier molecular flexibility index (Phi) is 4.89. The van der Waals surface area contributed by atoms with Crippen LogP contribution in [0.3, 0.4) is 0 Å². The van der Waals surface area contributed by atoms with Crippen LogP contribution in [0.4, 0.5) is 0 Å². The molecule has 0 aromatic heterocycles. The number of thioether (sulfide) groups is 1. The summed E-state index contributed by atoms with van der Waals surface area (Å²) in [6.45, 7) is 4.42. The molecule has 0 radical (unpaired) electrons. The van der Waals surface area contributed by atoms with Crippen LogP contribution in [0.1, 0.15) is 12.5 Å². The van der Waals surface area contributed by atoms with Crippen molar-refractivity contribution in [3.05, 3.63) is 35.9 Å². The first-order valence-corrected chi connectivity index (χ1v) is 7.46. The molecule has 1 fully saturated rings. The summed E-state index contributed by atoms with van der Waals surface area (Å²) in [5.41, 5.74) is 1.39. The van der Waals surface area contributed by atoms with E-state index in [-0.39, 0.29) is 0 Å². The summed E-state index contributed by atoms with van der Waals surface area (Å²) in [6, 6.07) is 12.0. The maximum absolute atomic E-state index is 3.67. The van der Waals surface area contributed by atoms with Gasteiger partial charge >= 0.3 is 0 Å². The second kappa shape index (κ2) is 6.43. The van der Waals surface area contributed by atoms with Crippen LogP contribution in [0.5, 0.6) is 0 Å². The third-order valence-electron chi connectivity index (χ3n) is 3.04. The lowest BCUT2D eigenvalue weighted by molar-refractivity contribution is 0.282. The van der Waals surface area contributed by atoms with E-state index in [0.717, 1.165) is 19.1 Å². The van der Waals surface area contributed by atoms with Crippen molar-refractivity contribution in [3.63, 3.8) is 0 Å². The molecule has 2 nitrogen and oxygen atoms in total. The average Bonchev–Trinajstić information content (AvgIpc) is 2.25. The molecule has 0 saturated carbocycles. The number of hydrogen-bond donors (Lipinski definition) is 1. The number of benzene rings is 1. The zero-order valence-corrected chi connectivity index (χ0v) is 11.5. The number of likely N-dealkylation sites (N-methyl/N-ethyl adjacent to an activating group) is 1. The highest BCUT2D eigenvalue weighted by molar-refractivity contribution is 8.00. The Morgan fingerprint density at radius 1 is 1.35 bits per heavy atom. The Morgan fingerprint density at radius 3 is 2.65 bits per heavy atom. The summed E-state index contributed by atoms with van der Waals surface area (Å²) < 4.78 is 0. The molecule has 0 aliphatic carbocycles. The zero-order valence-electron chi connectivity index (χ0n) is 10.7.